The van der Waals surface area contributed by atoms with E-state index in [0.717, 1.165) is 54.8 Å². The van der Waals surface area contributed by atoms with Gasteiger partial charge in [0, 0.05) is 17.3 Å². The second-order valence-electron chi connectivity index (χ2n) is 5.85. The third kappa shape index (κ3) is 3.67. The third-order valence-electron chi connectivity index (χ3n) is 4.25. The topological polar surface area (TPSA) is 74.8 Å². The summed E-state index contributed by atoms with van der Waals surface area (Å²) in [5.41, 5.74) is 1.86. The minimum absolute atomic E-state index is 0.0542. The van der Waals surface area contributed by atoms with E-state index in [2.05, 4.69) is 15.3 Å². The number of amides is 1. The van der Waals surface area contributed by atoms with Gasteiger partial charge in [-0.05, 0) is 38.5 Å². The van der Waals surface area contributed by atoms with Crippen LogP contribution in [0.1, 0.15) is 49.8 Å². The molecule has 1 heterocycles. The number of rotatable bonds is 4. The van der Waals surface area contributed by atoms with Gasteiger partial charge in [0.25, 0.3) is 0 Å². The van der Waals surface area contributed by atoms with Gasteiger partial charge in [0.2, 0.25) is 5.91 Å². The molecule has 6 heteroatoms. The first kappa shape index (κ1) is 14.6. The van der Waals surface area contributed by atoms with Gasteiger partial charge in [-0.2, -0.15) is 4.98 Å². The molecule has 1 saturated carbocycles. The first-order chi connectivity index (χ1) is 10.2. The molecule has 1 amide bonds. The number of hydrogen-bond acceptors (Lipinski definition) is 4. The Morgan fingerprint density at radius 3 is 2.81 bits per heavy atom. The van der Waals surface area contributed by atoms with Crippen LogP contribution in [0.2, 0.25) is 0 Å². The predicted octanol–water partition coefficient (Wildman–Crippen LogP) is 1.80. The Morgan fingerprint density at radius 2 is 2.00 bits per heavy atom. The number of hydrogen-bond donors (Lipinski definition) is 2. The van der Waals surface area contributed by atoms with Gasteiger partial charge < -0.3 is 10.3 Å². The molecular weight excluding hydrogens is 286 g/mol. The van der Waals surface area contributed by atoms with E-state index < -0.39 is 0 Å². The minimum Gasteiger partial charge on any atom is -0.353 e. The van der Waals surface area contributed by atoms with Crippen LogP contribution in [-0.2, 0) is 17.6 Å². The highest BCUT2D eigenvalue weighted by molar-refractivity contribution is 7.99. The van der Waals surface area contributed by atoms with Gasteiger partial charge in [-0.1, -0.05) is 24.6 Å². The van der Waals surface area contributed by atoms with Crippen LogP contribution in [0.5, 0.6) is 0 Å². The fourth-order valence-electron chi connectivity index (χ4n) is 3.19. The quantitative estimate of drug-likeness (QED) is 0.657. The molecule has 0 atom stereocenters. The average Bonchev–Trinajstić information content (AvgIpc) is 2.97. The van der Waals surface area contributed by atoms with Crippen molar-refractivity contribution in [3.05, 3.63) is 21.7 Å². The lowest BCUT2D eigenvalue weighted by molar-refractivity contribution is -0.119. The van der Waals surface area contributed by atoms with Gasteiger partial charge in [0.15, 0.2) is 0 Å². The minimum atomic E-state index is -0.297. The van der Waals surface area contributed by atoms with Crippen molar-refractivity contribution >= 4 is 17.7 Å². The number of aryl methyl sites for hydroxylation is 1. The normalized spacial score (nSPS) is 18.5. The lowest BCUT2D eigenvalue weighted by atomic mass is 9.98. The smallest absolute Gasteiger partial charge is 0.346 e. The Hall–Kier alpha value is -1.30. The van der Waals surface area contributed by atoms with Crippen LogP contribution < -0.4 is 11.0 Å². The second kappa shape index (κ2) is 6.64. The summed E-state index contributed by atoms with van der Waals surface area (Å²) >= 11 is 1.40. The Kier molecular flexibility index (Phi) is 4.63. The fraction of sp³-hybridized carbons (Fsp3) is 0.667. The summed E-state index contributed by atoms with van der Waals surface area (Å²) in [5.74, 6) is 0.401. The first-order valence-corrected chi connectivity index (χ1v) is 8.75. The zero-order valence-corrected chi connectivity index (χ0v) is 12.9. The molecule has 0 saturated heterocycles. The number of aromatic amines is 1. The van der Waals surface area contributed by atoms with Crippen LogP contribution in [0.15, 0.2) is 9.82 Å². The summed E-state index contributed by atoms with van der Waals surface area (Å²) in [6.45, 7) is 0. The Bertz CT molecular complexity index is 579. The van der Waals surface area contributed by atoms with Gasteiger partial charge in [-0.3, -0.25) is 4.79 Å². The van der Waals surface area contributed by atoms with E-state index in [0.29, 0.717) is 11.8 Å². The highest BCUT2D eigenvalue weighted by Crippen LogP contribution is 2.27. The van der Waals surface area contributed by atoms with Crippen LogP contribution >= 0.6 is 11.8 Å². The molecule has 0 bridgehead atoms. The number of nitrogens with zero attached hydrogens (tertiary/aromatic N) is 1. The highest BCUT2D eigenvalue weighted by Gasteiger charge is 2.19. The SMILES string of the molecule is O=C(CSc1nc(=O)[nH]c2c1CCCC2)NC1CCCC1. The number of thioether (sulfide) groups is 1. The zero-order chi connectivity index (χ0) is 14.7. The van der Waals surface area contributed by atoms with Crippen molar-refractivity contribution in [2.24, 2.45) is 0 Å². The van der Waals surface area contributed by atoms with Crippen molar-refractivity contribution in [1.82, 2.24) is 15.3 Å². The van der Waals surface area contributed by atoms with Crippen LogP contribution in [0.25, 0.3) is 0 Å². The van der Waals surface area contributed by atoms with Crippen molar-refractivity contribution in [2.45, 2.75) is 62.4 Å². The maximum Gasteiger partial charge on any atom is 0.346 e. The van der Waals surface area contributed by atoms with Crippen molar-refractivity contribution in [2.75, 3.05) is 5.75 Å². The van der Waals surface area contributed by atoms with E-state index in [9.17, 15) is 9.59 Å². The highest BCUT2D eigenvalue weighted by atomic mass is 32.2. The standard InChI is InChI=1S/C15H21N3O2S/c19-13(16-10-5-1-2-6-10)9-21-14-11-7-3-4-8-12(11)17-15(20)18-14/h10H,1-9H2,(H,16,19)(H,17,18,20). The van der Waals surface area contributed by atoms with E-state index in [1.807, 2.05) is 0 Å². The van der Waals surface area contributed by atoms with Gasteiger partial charge >= 0.3 is 5.69 Å². The van der Waals surface area contributed by atoms with Crippen LogP contribution in [0, 0.1) is 0 Å². The summed E-state index contributed by atoms with van der Waals surface area (Å²) in [6, 6.07) is 0.346. The molecule has 0 aliphatic heterocycles. The molecule has 0 radical (unpaired) electrons. The maximum absolute atomic E-state index is 12.0. The van der Waals surface area contributed by atoms with Crippen LogP contribution in [-0.4, -0.2) is 27.7 Å². The fourth-order valence-corrected chi connectivity index (χ4v) is 4.09. The molecule has 5 nitrogen and oxygen atoms in total. The molecule has 0 unspecified atom stereocenters. The maximum atomic E-state index is 12.0. The molecule has 1 aromatic rings. The lowest BCUT2D eigenvalue weighted by Crippen LogP contribution is -2.34. The predicted molar refractivity (Wildman–Crippen MR) is 82.6 cm³/mol. The Labute approximate surface area is 128 Å². The van der Waals surface area contributed by atoms with Crippen LogP contribution in [0.4, 0.5) is 0 Å². The van der Waals surface area contributed by atoms with E-state index in [1.54, 1.807) is 0 Å². The summed E-state index contributed by atoms with van der Waals surface area (Å²) in [5, 5.41) is 3.82. The molecular formula is C15H21N3O2S. The summed E-state index contributed by atoms with van der Waals surface area (Å²) in [7, 11) is 0. The molecule has 2 aliphatic carbocycles. The number of fused-ring (bicyclic) bond motifs is 1. The second-order valence-corrected chi connectivity index (χ2v) is 6.81. The van der Waals surface area contributed by atoms with Crippen molar-refractivity contribution in [3.63, 3.8) is 0 Å². The molecule has 1 fully saturated rings. The zero-order valence-electron chi connectivity index (χ0n) is 12.1. The number of nitrogens with one attached hydrogen (secondary N) is 2. The average molecular weight is 307 g/mol. The van der Waals surface area contributed by atoms with E-state index in [1.165, 1.54) is 24.6 Å². The summed E-state index contributed by atoms with van der Waals surface area (Å²) in [6.07, 6.45) is 8.70. The molecule has 0 spiro atoms. The number of carbonyl (C=O) groups excluding carboxylic acids is 1. The number of aromatic nitrogens is 2. The lowest BCUT2D eigenvalue weighted by Gasteiger charge is -2.17. The van der Waals surface area contributed by atoms with E-state index in [-0.39, 0.29) is 11.6 Å². The van der Waals surface area contributed by atoms with Gasteiger partial charge in [-0.15, -0.1) is 0 Å². The number of carbonyl (C=O) groups is 1. The van der Waals surface area contributed by atoms with Crippen LogP contribution in [0.3, 0.4) is 0 Å². The monoisotopic (exact) mass is 307 g/mol. The third-order valence-corrected chi connectivity index (χ3v) is 5.26. The Balaban J connectivity index is 1.63. The van der Waals surface area contributed by atoms with Gasteiger partial charge in [-0.25, -0.2) is 4.79 Å². The van der Waals surface area contributed by atoms with E-state index in [4.69, 9.17) is 0 Å². The number of H-pyrrole nitrogens is 1. The first-order valence-electron chi connectivity index (χ1n) is 7.76. The molecule has 21 heavy (non-hydrogen) atoms. The summed E-state index contributed by atoms with van der Waals surface area (Å²) < 4.78 is 0. The van der Waals surface area contributed by atoms with Crippen molar-refractivity contribution in [3.8, 4) is 0 Å². The largest absolute Gasteiger partial charge is 0.353 e. The molecule has 1 aromatic heterocycles. The van der Waals surface area contributed by atoms with Crippen molar-refractivity contribution < 1.29 is 4.79 Å². The van der Waals surface area contributed by atoms with Crippen molar-refractivity contribution in [1.29, 1.82) is 0 Å². The molecule has 2 aliphatic rings. The van der Waals surface area contributed by atoms with Gasteiger partial charge in [0.05, 0.1) is 5.75 Å². The molecule has 114 valence electrons. The summed E-state index contributed by atoms with van der Waals surface area (Å²) in [4.78, 5) is 30.5. The Morgan fingerprint density at radius 1 is 1.24 bits per heavy atom. The molecule has 3 rings (SSSR count). The van der Waals surface area contributed by atoms with Gasteiger partial charge in [0.1, 0.15) is 5.03 Å². The molecule has 2 N–H and O–H groups in total. The molecule has 0 aromatic carbocycles. The van der Waals surface area contributed by atoms with E-state index >= 15 is 0 Å².